The predicted molar refractivity (Wildman–Crippen MR) is 52.6 cm³/mol. The molecule has 1 fully saturated rings. The Hall–Kier alpha value is -0.990. The van der Waals surface area contributed by atoms with Crippen LogP contribution in [-0.2, 0) is 6.18 Å². The Labute approximate surface area is 87.1 Å². The molecule has 3 heteroatoms. The molecule has 0 N–H and O–H groups in total. The summed E-state index contributed by atoms with van der Waals surface area (Å²) >= 11 is 0. The molecule has 0 radical (unpaired) electrons. The van der Waals surface area contributed by atoms with Gasteiger partial charge in [-0.3, -0.25) is 0 Å². The summed E-state index contributed by atoms with van der Waals surface area (Å²) in [7, 11) is 0. The SMILES string of the molecule is C[C@H]1C[C@@H](c2cccc(C(F)(F)F)c2)C1. The monoisotopic (exact) mass is 214 g/mol. The van der Waals surface area contributed by atoms with Crippen molar-refractivity contribution in [1.82, 2.24) is 0 Å². The summed E-state index contributed by atoms with van der Waals surface area (Å²) in [5.74, 6) is 0.992. The van der Waals surface area contributed by atoms with Crippen molar-refractivity contribution in [2.45, 2.75) is 31.9 Å². The van der Waals surface area contributed by atoms with Gasteiger partial charge in [-0.05, 0) is 36.3 Å². The summed E-state index contributed by atoms with van der Waals surface area (Å²) in [4.78, 5) is 0. The van der Waals surface area contributed by atoms with E-state index in [1.807, 2.05) is 0 Å². The molecule has 0 unspecified atom stereocenters. The summed E-state index contributed by atoms with van der Waals surface area (Å²) in [5.41, 5.74) is 0.308. The fraction of sp³-hybridized carbons (Fsp3) is 0.500. The van der Waals surface area contributed by atoms with Gasteiger partial charge in [0.25, 0.3) is 0 Å². The molecule has 15 heavy (non-hydrogen) atoms. The van der Waals surface area contributed by atoms with E-state index in [9.17, 15) is 13.2 Å². The highest BCUT2D eigenvalue weighted by Crippen LogP contribution is 2.42. The van der Waals surface area contributed by atoms with Gasteiger partial charge in [0.2, 0.25) is 0 Å². The number of benzene rings is 1. The zero-order valence-corrected chi connectivity index (χ0v) is 8.51. The maximum Gasteiger partial charge on any atom is 0.416 e. The van der Waals surface area contributed by atoms with Crippen molar-refractivity contribution in [3.8, 4) is 0 Å². The molecule has 0 heterocycles. The van der Waals surface area contributed by atoms with Crippen LogP contribution in [0.4, 0.5) is 13.2 Å². The maximum atomic E-state index is 12.4. The second-order valence-corrected chi connectivity index (χ2v) is 4.40. The van der Waals surface area contributed by atoms with Crippen LogP contribution in [0, 0.1) is 5.92 Å². The van der Waals surface area contributed by atoms with Gasteiger partial charge in [-0.1, -0.05) is 25.1 Å². The fourth-order valence-corrected chi connectivity index (χ4v) is 2.14. The Balaban J connectivity index is 2.20. The molecular weight excluding hydrogens is 201 g/mol. The Morgan fingerprint density at radius 2 is 1.87 bits per heavy atom. The number of rotatable bonds is 1. The lowest BCUT2D eigenvalue weighted by Gasteiger charge is -2.33. The number of hydrogen-bond acceptors (Lipinski definition) is 0. The Bertz CT molecular complexity index is 348. The lowest BCUT2D eigenvalue weighted by molar-refractivity contribution is -0.137. The van der Waals surface area contributed by atoms with Gasteiger partial charge in [-0.2, -0.15) is 13.2 Å². The first-order chi connectivity index (χ1) is 6.97. The van der Waals surface area contributed by atoms with E-state index >= 15 is 0 Å². The van der Waals surface area contributed by atoms with Crippen LogP contribution in [0.5, 0.6) is 0 Å². The van der Waals surface area contributed by atoms with Crippen LogP contribution in [-0.4, -0.2) is 0 Å². The number of halogens is 3. The highest BCUT2D eigenvalue weighted by Gasteiger charge is 2.32. The molecule has 0 aliphatic heterocycles. The molecule has 1 aliphatic rings. The van der Waals surface area contributed by atoms with Crippen molar-refractivity contribution in [3.63, 3.8) is 0 Å². The van der Waals surface area contributed by atoms with Crippen molar-refractivity contribution in [1.29, 1.82) is 0 Å². The Morgan fingerprint density at radius 1 is 1.20 bits per heavy atom. The third-order valence-electron chi connectivity index (χ3n) is 3.06. The number of alkyl halides is 3. The van der Waals surface area contributed by atoms with E-state index in [4.69, 9.17) is 0 Å². The third-order valence-corrected chi connectivity index (χ3v) is 3.06. The van der Waals surface area contributed by atoms with Gasteiger partial charge in [0.05, 0.1) is 5.56 Å². The lowest BCUT2D eigenvalue weighted by atomic mass is 9.72. The molecule has 0 saturated heterocycles. The molecule has 1 aliphatic carbocycles. The van der Waals surface area contributed by atoms with Crippen molar-refractivity contribution in [2.75, 3.05) is 0 Å². The first-order valence-corrected chi connectivity index (χ1v) is 5.14. The zero-order chi connectivity index (χ0) is 11.1. The summed E-state index contributed by atoms with van der Waals surface area (Å²) < 4.78 is 37.3. The van der Waals surface area contributed by atoms with Gasteiger partial charge in [-0.15, -0.1) is 0 Å². The maximum absolute atomic E-state index is 12.4. The molecule has 0 bridgehead atoms. The van der Waals surface area contributed by atoms with Crippen molar-refractivity contribution < 1.29 is 13.2 Å². The van der Waals surface area contributed by atoms with Crippen LogP contribution < -0.4 is 0 Å². The molecule has 0 aromatic heterocycles. The average molecular weight is 214 g/mol. The van der Waals surface area contributed by atoms with E-state index in [1.165, 1.54) is 12.1 Å². The van der Waals surface area contributed by atoms with Crippen LogP contribution in [0.3, 0.4) is 0 Å². The van der Waals surface area contributed by atoms with E-state index < -0.39 is 11.7 Å². The second-order valence-electron chi connectivity index (χ2n) is 4.40. The largest absolute Gasteiger partial charge is 0.416 e. The molecule has 1 aromatic carbocycles. The quantitative estimate of drug-likeness (QED) is 0.656. The van der Waals surface area contributed by atoms with Crippen LogP contribution in [0.1, 0.15) is 36.8 Å². The van der Waals surface area contributed by atoms with Crippen LogP contribution in [0.25, 0.3) is 0 Å². The van der Waals surface area contributed by atoms with Crippen LogP contribution in [0.2, 0.25) is 0 Å². The van der Waals surface area contributed by atoms with Crippen molar-refractivity contribution in [2.24, 2.45) is 5.92 Å². The van der Waals surface area contributed by atoms with E-state index in [0.717, 1.165) is 24.5 Å². The average Bonchev–Trinajstić information content (AvgIpc) is 2.12. The summed E-state index contributed by atoms with van der Waals surface area (Å²) in [6.07, 6.45) is -2.19. The molecule has 82 valence electrons. The van der Waals surface area contributed by atoms with Crippen molar-refractivity contribution in [3.05, 3.63) is 35.4 Å². The van der Waals surface area contributed by atoms with Gasteiger partial charge in [-0.25, -0.2) is 0 Å². The van der Waals surface area contributed by atoms with Crippen LogP contribution in [0.15, 0.2) is 24.3 Å². The molecule has 0 nitrogen and oxygen atoms in total. The summed E-state index contributed by atoms with van der Waals surface area (Å²) in [6.45, 7) is 2.13. The molecule has 0 spiro atoms. The first-order valence-electron chi connectivity index (χ1n) is 5.14. The Morgan fingerprint density at radius 3 is 2.40 bits per heavy atom. The molecule has 0 amide bonds. The van der Waals surface area contributed by atoms with Gasteiger partial charge in [0, 0.05) is 0 Å². The highest BCUT2D eigenvalue weighted by molar-refractivity contribution is 5.29. The van der Waals surface area contributed by atoms with Gasteiger partial charge >= 0.3 is 6.18 Å². The van der Waals surface area contributed by atoms with Gasteiger partial charge in [0.1, 0.15) is 0 Å². The molecule has 2 rings (SSSR count). The molecule has 1 saturated carbocycles. The molecule has 1 aromatic rings. The topological polar surface area (TPSA) is 0 Å². The first kappa shape index (κ1) is 10.5. The highest BCUT2D eigenvalue weighted by atomic mass is 19.4. The lowest BCUT2D eigenvalue weighted by Crippen LogP contribution is -2.19. The fourth-order valence-electron chi connectivity index (χ4n) is 2.14. The smallest absolute Gasteiger partial charge is 0.166 e. The second kappa shape index (κ2) is 3.54. The summed E-state index contributed by atoms with van der Waals surface area (Å²) in [6, 6.07) is 5.72. The zero-order valence-electron chi connectivity index (χ0n) is 8.51. The van der Waals surface area contributed by atoms with E-state index in [2.05, 4.69) is 6.92 Å². The van der Waals surface area contributed by atoms with Crippen molar-refractivity contribution >= 4 is 0 Å². The van der Waals surface area contributed by atoms with Crippen LogP contribution >= 0.6 is 0 Å². The van der Waals surface area contributed by atoms with E-state index in [-0.39, 0.29) is 0 Å². The van der Waals surface area contributed by atoms with Gasteiger partial charge in [0.15, 0.2) is 0 Å². The van der Waals surface area contributed by atoms with E-state index in [1.54, 1.807) is 6.07 Å². The molecule has 0 atom stereocenters. The van der Waals surface area contributed by atoms with E-state index in [0.29, 0.717) is 11.8 Å². The Kier molecular flexibility index (Phi) is 2.49. The number of hydrogen-bond donors (Lipinski definition) is 0. The third kappa shape index (κ3) is 2.16. The standard InChI is InChI=1S/C12H13F3/c1-8-5-10(6-8)9-3-2-4-11(7-9)12(13,14)15/h2-4,7-8,10H,5-6H2,1H3/t8-,10+. The van der Waals surface area contributed by atoms with Gasteiger partial charge < -0.3 is 0 Å². The minimum Gasteiger partial charge on any atom is -0.166 e. The predicted octanol–water partition coefficient (Wildman–Crippen LogP) is 4.22. The molecular formula is C12H13F3. The minimum atomic E-state index is -4.22. The summed E-state index contributed by atoms with van der Waals surface area (Å²) in [5, 5.41) is 0. The minimum absolute atomic E-state index is 0.335. The normalized spacial score (nSPS) is 26.1.